The maximum absolute atomic E-state index is 12.3. The second-order valence-electron chi connectivity index (χ2n) is 7.51. The maximum Gasteiger partial charge on any atom is 0.306 e. The van der Waals surface area contributed by atoms with E-state index >= 15 is 0 Å². The Kier molecular flexibility index (Phi) is 6.02. The number of carboxylic acids is 1. The van der Waals surface area contributed by atoms with Gasteiger partial charge in [-0.05, 0) is 48.6 Å². The van der Waals surface area contributed by atoms with E-state index in [0.29, 0.717) is 47.7 Å². The first-order valence-electron chi connectivity index (χ1n) is 10.5. The molecule has 0 amide bonds. The van der Waals surface area contributed by atoms with Crippen molar-refractivity contribution in [2.75, 3.05) is 6.61 Å². The van der Waals surface area contributed by atoms with Gasteiger partial charge in [0, 0.05) is 0 Å². The van der Waals surface area contributed by atoms with Crippen LogP contribution in [-0.2, 0) is 11.2 Å². The number of carbonyl (C=O) groups is 1. The number of benzene rings is 2. The Hall–Kier alpha value is -3.94. The predicted octanol–water partition coefficient (Wildman–Crippen LogP) is 4.03. The molecule has 0 saturated heterocycles. The van der Waals surface area contributed by atoms with Crippen LogP contribution < -0.4 is 10.3 Å². The van der Waals surface area contributed by atoms with E-state index in [1.54, 1.807) is 0 Å². The summed E-state index contributed by atoms with van der Waals surface area (Å²) in [5.41, 5.74) is 3.87. The molecule has 0 spiro atoms. The summed E-state index contributed by atoms with van der Waals surface area (Å²) in [6.45, 7) is 4.22. The summed E-state index contributed by atoms with van der Waals surface area (Å²) < 4.78 is 5.86. The molecule has 3 N–H and O–H groups in total. The number of rotatable bonds is 8. The first-order chi connectivity index (χ1) is 15.5. The smallest absolute Gasteiger partial charge is 0.306 e. The summed E-state index contributed by atoms with van der Waals surface area (Å²) in [7, 11) is 0. The molecule has 32 heavy (non-hydrogen) atoms. The fourth-order valence-corrected chi connectivity index (χ4v) is 3.71. The minimum absolute atomic E-state index is 0.300. The molecule has 0 bridgehead atoms. The van der Waals surface area contributed by atoms with Gasteiger partial charge in [0.1, 0.15) is 11.6 Å². The first-order valence-corrected chi connectivity index (χ1v) is 10.5. The van der Waals surface area contributed by atoms with Crippen molar-refractivity contribution in [2.45, 2.75) is 26.7 Å². The SMILES string of the molecule is CCOc1cc(-c2cccc(CC(CC)C(=O)O)c2)ccc1-c1nc2nc[nH]c2c(=O)[nH]1. The molecule has 0 fully saturated rings. The highest BCUT2D eigenvalue weighted by molar-refractivity contribution is 5.77. The number of aliphatic carboxylic acids is 1. The van der Waals surface area contributed by atoms with E-state index < -0.39 is 11.9 Å². The molecule has 8 nitrogen and oxygen atoms in total. The zero-order chi connectivity index (χ0) is 22.7. The quantitative estimate of drug-likeness (QED) is 0.386. The topological polar surface area (TPSA) is 121 Å². The molecule has 164 valence electrons. The fourth-order valence-electron chi connectivity index (χ4n) is 3.71. The molecule has 0 radical (unpaired) electrons. The van der Waals surface area contributed by atoms with E-state index in [-0.39, 0.29) is 5.56 Å². The number of nitrogens with one attached hydrogen (secondary N) is 2. The van der Waals surface area contributed by atoms with Crippen molar-refractivity contribution in [3.63, 3.8) is 0 Å². The van der Waals surface area contributed by atoms with Gasteiger partial charge in [0.25, 0.3) is 5.56 Å². The van der Waals surface area contributed by atoms with E-state index in [1.165, 1.54) is 6.33 Å². The molecule has 0 saturated carbocycles. The van der Waals surface area contributed by atoms with Crippen LogP contribution in [0, 0.1) is 5.92 Å². The van der Waals surface area contributed by atoms with Crippen LogP contribution in [-0.4, -0.2) is 37.6 Å². The van der Waals surface area contributed by atoms with Crippen molar-refractivity contribution in [1.82, 2.24) is 19.9 Å². The van der Waals surface area contributed by atoms with E-state index in [0.717, 1.165) is 16.7 Å². The summed E-state index contributed by atoms with van der Waals surface area (Å²) in [6, 6.07) is 13.5. The van der Waals surface area contributed by atoms with Crippen LogP contribution >= 0.6 is 0 Å². The molecule has 2 aromatic carbocycles. The number of nitrogens with zero attached hydrogens (tertiary/aromatic N) is 2. The second kappa shape index (κ2) is 9.05. The number of aromatic nitrogens is 4. The lowest BCUT2D eigenvalue weighted by molar-refractivity contribution is -0.141. The standard InChI is InChI=1S/C24H24N4O4/c1-3-15(24(30)31)10-14-6-5-7-16(11-14)17-8-9-18(19(12-17)32-4-2)21-27-22-20(23(29)28-21)25-13-26-22/h5-9,11-13,15H,3-4,10H2,1-2H3,(H,30,31)(H2,25,26,27,28,29). The summed E-state index contributed by atoms with van der Waals surface area (Å²) in [5, 5.41) is 9.37. The van der Waals surface area contributed by atoms with E-state index in [4.69, 9.17) is 4.74 Å². The van der Waals surface area contributed by atoms with Gasteiger partial charge in [-0.1, -0.05) is 37.3 Å². The Morgan fingerprint density at radius 2 is 1.97 bits per heavy atom. The Labute approximate surface area is 184 Å². The Balaban J connectivity index is 1.72. The summed E-state index contributed by atoms with van der Waals surface area (Å²) in [6.07, 6.45) is 2.49. The van der Waals surface area contributed by atoms with Gasteiger partial charge in [0.2, 0.25) is 0 Å². The molecule has 8 heteroatoms. The molecular weight excluding hydrogens is 408 g/mol. The number of hydrogen-bond acceptors (Lipinski definition) is 5. The number of ether oxygens (including phenoxy) is 1. The maximum atomic E-state index is 12.3. The van der Waals surface area contributed by atoms with Crippen molar-refractivity contribution < 1.29 is 14.6 Å². The number of fused-ring (bicyclic) bond motifs is 1. The highest BCUT2D eigenvalue weighted by Crippen LogP contribution is 2.33. The third-order valence-corrected chi connectivity index (χ3v) is 5.42. The van der Waals surface area contributed by atoms with E-state index in [2.05, 4.69) is 19.9 Å². The molecule has 4 rings (SSSR count). The average molecular weight is 432 g/mol. The molecule has 1 atom stereocenters. The average Bonchev–Trinajstić information content (AvgIpc) is 3.27. The summed E-state index contributed by atoms with van der Waals surface area (Å²) in [5.74, 6) is -0.223. The largest absolute Gasteiger partial charge is 0.493 e. The van der Waals surface area contributed by atoms with E-state index in [1.807, 2.05) is 56.3 Å². The van der Waals surface area contributed by atoms with Crippen LogP contribution in [0.1, 0.15) is 25.8 Å². The predicted molar refractivity (Wildman–Crippen MR) is 122 cm³/mol. The van der Waals surface area contributed by atoms with Crippen molar-refractivity contribution in [3.8, 4) is 28.3 Å². The first kappa shape index (κ1) is 21.3. The van der Waals surface area contributed by atoms with Crippen LogP contribution in [0.15, 0.2) is 53.6 Å². The minimum atomic E-state index is -0.781. The lowest BCUT2D eigenvalue weighted by Gasteiger charge is -2.14. The number of hydrogen-bond donors (Lipinski definition) is 3. The van der Waals surface area contributed by atoms with Gasteiger partial charge in [0.15, 0.2) is 11.2 Å². The fraction of sp³-hybridized carbons (Fsp3) is 0.250. The normalized spacial score (nSPS) is 12.1. The summed E-state index contributed by atoms with van der Waals surface area (Å²) >= 11 is 0. The third kappa shape index (κ3) is 4.25. The van der Waals surface area contributed by atoms with Crippen LogP contribution in [0.3, 0.4) is 0 Å². The molecule has 4 aromatic rings. The van der Waals surface area contributed by atoms with Gasteiger partial charge in [-0.25, -0.2) is 9.97 Å². The minimum Gasteiger partial charge on any atom is -0.493 e. The van der Waals surface area contributed by atoms with Gasteiger partial charge in [0.05, 0.1) is 24.4 Å². The van der Waals surface area contributed by atoms with Gasteiger partial charge < -0.3 is 19.8 Å². The lowest BCUT2D eigenvalue weighted by atomic mass is 9.94. The molecule has 2 heterocycles. The van der Waals surface area contributed by atoms with Gasteiger partial charge in [-0.2, -0.15) is 0 Å². The molecule has 0 aliphatic heterocycles. The molecule has 0 aliphatic carbocycles. The zero-order valence-corrected chi connectivity index (χ0v) is 17.9. The van der Waals surface area contributed by atoms with Gasteiger partial charge in [-0.15, -0.1) is 0 Å². The molecule has 2 aromatic heterocycles. The van der Waals surface area contributed by atoms with Crippen molar-refractivity contribution >= 4 is 17.1 Å². The van der Waals surface area contributed by atoms with Crippen molar-refractivity contribution in [3.05, 3.63) is 64.7 Å². The van der Waals surface area contributed by atoms with Crippen LogP contribution in [0.5, 0.6) is 5.75 Å². The number of imidazole rings is 1. The lowest BCUT2D eigenvalue weighted by Crippen LogP contribution is -2.15. The zero-order valence-electron chi connectivity index (χ0n) is 17.9. The molecule has 0 aliphatic rings. The Morgan fingerprint density at radius 1 is 1.16 bits per heavy atom. The number of aromatic amines is 2. The second-order valence-corrected chi connectivity index (χ2v) is 7.51. The van der Waals surface area contributed by atoms with Crippen LogP contribution in [0.2, 0.25) is 0 Å². The molecular formula is C24H24N4O4. The number of H-pyrrole nitrogens is 2. The van der Waals surface area contributed by atoms with Crippen molar-refractivity contribution in [1.29, 1.82) is 0 Å². The highest BCUT2D eigenvalue weighted by Gasteiger charge is 2.17. The Bertz CT molecular complexity index is 1330. The highest BCUT2D eigenvalue weighted by atomic mass is 16.5. The van der Waals surface area contributed by atoms with Crippen LogP contribution in [0.4, 0.5) is 0 Å². The van der Waals surface area contributed by atoms with E-state index in [9.17, 15) is 14.7 Å². The number of carboxylic acid groups (broad SMARTS) is 1. The monoisotopic (exact) mass is 432 g/mol. The Morgan fingerprint density at radius 3 is 2.72 bits per heavy atom. The summed E-state index contributed by atoms with van der Waals surface area (Å²) in [4.78, 5) is 37.9. The van der Waals surface area contributed by atoms with Crippen molar-refractivity contribution in [2.24, 2.45) is 5.92 Å². The van der Waals surface area contributed by atoms with Gasteiger partial charge in [-0.3, -0.25) is 9.59 Å². The third-order valence-electron chi connectivity index (χ3n) is 5.42. The molecule has 1 unspecified atom stereocenters. The van der Waals surface area contributed by atoms with Gasteiger partial charge >= 0.3 is 5.97 Å². The van der Waals surface area contributed by atoms with Crippen LogP contribution in [0.25, 0.3) is 33.7 Å².